The largest absolute Gasteiger partial charge is 0.330 e. The van der Waals surface area contributed by atoms with Gasteiger partial charge in [0.1, 0.15) is 4.21 Å². The van der Waals surface area contributed by atoms with E-state index in [0.29, 0.717) is 5.69 Å². The monoisotopic (exact) mass is 329 g/mol. The van der Waals surface area contributed by atoms with Crippen molar-refractivity contribution in [2.24, 2.45) is 14.1 Å². The van der Waals surface area contributed by atoms with Crippen LogP contribution in [-0.2, 0) is 30.7 Å². The molecule has 0 amide bonds. The number of thiophene rings is 1. The molecule has 2 aromatic heterocycles. The first-order valence-corrected chi connectivity index (χ1v) is 8.33. The van der Waals surface area contributed by atoms with Gasteiger partial charge < -0.3 is 0 Å². The van der Waals surface area contributed by atoms with Crippen LogP contribution in [0.5, 0.6) is 0 Å². The second-order valence-electron chi connectivity index (χ2n) is 4.57. The van der Waals surface area contributed by atoms with Gasteiger partial charge in [-0.05, 0) is 11.4 Å². The molecule has 0 fully saturated rings. The highest BCUT2D eigenvalue weighted by atomic mass is 32.2. The normalized spacial score (nSPS) is 12.0. The van der Waals surface area contributed by atoms with Crippen LogP contribution in [-0.4, -0.2) is 28.9 Å². The van der Waals surface area contributed by atoms with Crippen LogP contribution in [0.2, 0.25) is 0 Å². The minimum absolute atomic E-state index is 0.0535. The van der Waals surface area contributed by atoms with Crippen LogP contribution in [0.4, 0.5) is 0 Å². The highest BCUT2D eigenvalue weighted by Gasteiger charge is 2.23. The van der Waals surface area contributed by atoms with Crippen LogP contribution in [0.15, 0.2) is 37.4 Å². The average Bonchev–Trinajstić information content (AvgIpc) is 2.97. The van der Waals surface area contributed by atoms with Crippen molar-refractivity contribution in [3.8, 4) is 0 Å². The Kier molecular flexibility index (Phi) is 4.17. The molecule has 0 bridgehead atoms. The summed E-state index contributed by atoms with van der Waals surface area (Å²) in [6, 6.07) is 4.43. The van der Waals surface area contributed by atoms with Gasteiger partial charge in [0.25, 0.3) is 15.6 Å². The van der Waals surface area contributed by atoms with Gasteiger partial charge in [0.15, 0.2) is 0 Å². The summed E-state index contributed by atoms with van der Waals surface area (Å²) < 4.78 is 28.2. The van der Waals surface area contributed by atoms with E-state index in [9.17, 15) is 18.0 Å². The number of nitrogens with zero attached hydrogens (tertiary/aromatic N) is 3. The van der Waals surface area contributed by atoms with Crippen molar-refractivity contribution in [3.63, 3.8) is 0 Å². The van der Waals surface area contributed by atoms with Gasteiger partial charge in [0.2, 0.25) is 0 Å². The summed E-state index contributed by atoms with van der Waals surface area (Å²) in [6.07, 6.45) is 0. The maximum Gasteiger partial charge on any atom is 0.330 e. The minimum atomic E-state index is -3.62. The molecule has 0 saturated carbocycles. The van der Waals surface area contributed by atoms with E-state index in [2.05, 4.69) is 0 Å². The van der Waals surface area contributed by atoms with E-state index in [-0.39, 0.29) is 10.8 Å². The smallest absolute Gasteiger partial charge is 0.299 e. The van der Waals surface area contributed by atoms with E-state index >= 15 is 0 Å². The first kappa shape index (κ1) is 15.7. The molecule has 0 unspecified atom stereocenters. The minimum Gasteiger partial charge on any atom is -0.299 e. The Morgan fingerprint density at radius 3 is 2.48 bits per heavy atom. The summed E-state index contributed by atoms with van der Waals surface area (Å²) >= 11 is 1.12. The first-order valence-electron chi connectivity index (χ1n) is 6.01. The van der Waals surface area contributed by atoms with Gasteiger partial charge in [-0.15, -0.1) is 11.3 Å². The Balaban J connectivity index is 2.40. The Morgan fingerprint density at radius 1 is 1.24 bits per heavy atom. The summed E-state index contributed by atoms with van der Waals surface area (Å²) in [5.74, 6) is 0. The SMILES string of the molecule is CN(Cc1cc(=O)n(C)c(=O)n1C)S(=O)(=O)c1cccs1. The molecule has 0 aliphatic carbocycles. The predicted molar refractivity (Wildman–Crippen MR) is 79.9 cm³/mol. The van der Waals surface area contributed by atoms with Crippen LogP contribution >= 0.6 is 11.3 Å². The van der Waals surface area contributed by atoms with Crippen LogP contribution < -0.4 is 11.2 Å². The summed E-state index contributed by atoms with van der Waals surface area (Å²) in [6.45, 7) is -0.0535. The van der Waals surface area contributed by atoms with Crippen molar-refractivity contribution in [2.45, 2.75) is 10.8 Å². The van der Waals surface area contributed by atoms with E-state index in [0.717, 1.165) is 20.2 Å². The highest BCUT2D eigenvalue weighted by Crippen LogP contribution is 2.20. The van der Waals surface area contributed by atoms with Crippen molar-refractivity contribution < 1.29 is 8.42 Å². The fourth-order valence-corrected chi connectivity index (χ4v) is 4.15. The van der Waals surface area contributed by atoms with Gasteiger partial charge in [0.05, 0.1) is 6.54 Å². The maximum absolute atomic E-state index is 12.3. The van der Waals surface area contributed by atoms with Crippen molar-refractivity contribution in [1.82, 2.24) is 13.4 Å². The number of rotatable bonds is 4. The lowest BCUT2D eigenvalue weighted by Gasteiger charge is -2.18. The molecule has 0 atom stereocenters. The number of aromatic nitrogens is 2. The Hall–Kier alpha value is -1.71. The summed E-state index contributed by atoms with van der Waals surface area (Å²) in [4.78, 5) is 23.5. The molecule has 0 spiro atoms. The van der Waals surface area contributed by atoms with Crippen molar-refractivity contribution in [3.05, 3.63) is 50.1 Å². The van der Waals surface area contributed by atoms with E-state index in [1.807, 2.05) is 0 Å². The molecule has 0 saturated heterocycles. The van der Waals surface area contributed by atoms with Crippen LogP contribution in [0, 0.1) is 0 Å². The molecule has 2 aromatic rings. The number of sulfonamides is 1. The lowest BCUT2D eigenvalue weighted by atomic mass is 10.4. The molecular formula is C12H15N3O4S2. The van der Waals surface area contributed by atoms with Gasteiger partial charge in [0, 0.05) is 32.9 Å². The molecule has 0 radical (unpaired) electrons. The lowest BCUT2D eigenvalue weighted by molar-refractivity contribution is 0.451. The molecule has 0 aromatic carbocycles. The van der Waals surface area contributed by atoms with E-state index < -0.39 is 21.3 Å². The van der Waals surface area contributed by atoms with Crippen molar-refractivity contribution in [1.29, 1.82) is 0 Å². The second kappa shape index (κ2) is 5.58. The molecule has 0 aliphatic rings. The molecule has 21 heavy (non-hydrogen) atoms. The van der Waals surface area contributed by atoms with Crippen molar-refractivity contribution >= 4 is 21.4 Å². The summed E-state index contributed by atoms with van der Waals surface area (Å²) in [5, 5.41) is 1.68. The molecule has 7 nitrogen and oxygen atoms in total. The fourth-order valence-electron chi connectivity index (χ4n) is 1.81. The zero-order chi connectivity index (χ0) is 15.8. The zero-order valence-electron chi connectivity index (χ0n) is 11.8. The Labute approximate surface area is 125 Å². The molecule has 0 aliphatic heterocycles. The fraction of sp³-hybridized carbons (Fsp3) is 0.333. The van der Waals surface area contributed by atoms with Gasteiger partial charge in [-0.2, -0.15) is 4.31 Å². The number of hydrogen-bond donors (Lipinski definition) is 0. The van der Waals surface area contributed by atoms with Gasteiger partial charge >= 0.3 is 5.69 Å². The van der Waals surface area contributed by atoms with Crippen LogP contribution in [0.25, 0.3) is 0 Å². The third-order valence-corrected chi connectivity index (χ3v) is 6.35. The zero-order valence-corrected chi connectivity index (χ0v) is 13.4. The molecule has 2 rings (SSSR count). The van der Waals surface area contributed by atoms with E-state index in [1.165, 1.54) is 37.8 Å². The highest BCUT2D eigenvalue weighted by molar-refractivity contribution is 7.91. The van der Waals surface area contributed by atoms with Crippen LogP contribution in [0.1, 0.15) is 5.69 Å². The topological polar surface area (TPSA) is 81.4 Å². The Bertz CT molecular complexity index is 863. The van der Waals surface area contributed by atoms with E-state index in [4.69, 9.17) is 0 Å². The lowest BCUT2D eigenvalue weighted by Crippen LogP contribution is -2.39. The molecule has 2 heterocycles. The Morgan fingerprint density at radius 2 is 1.90 bits per heavy atom. The average molecular weight is 329 g/mol. The van der Waals surface area contributed by atoms with Gasteiger partial charge in [-0.3, -0.25) is 13.9 Å². The standard InChI is InChI=1S/C12H15N3O4S2/c1-13(21(18,19)11-5-4-6-20-11)8-9-7-10(16)15(3)12(17)14(9)2/h4-7H,8H2,1-3H3. The third kappa shape index (κ3) is 2.85. The second-order valence-corrected chi connectivity index (χ2v) is 7.79. The molecule has 9 heteroatoms. The number of hydrogen-bond acceptors (Lipinski definition) is 5. The third-order valence-electron chi connectivity index (χ3n) is 3.17. The predicted octanol–water partition coefficient (Wildman–Crippen LogP) is -0.0338. The summed E-state index contributed by atoms with van der Waals surface area (Å²) in [7, 11) is 0.673. The molecule has 0 N–H and O–H groups in total. The first-order chi connectivity index (χ1) is 9.75. The maximum atomic E-state index is 12.3. The van der Waals surface area contributed by atoms with Crippen molar-refractivity contribution in [2.75, 3.05) is 7.05 Å². The quantitative estimate of drug-likeness (QED) is 0.788. The molecule has 114 valence electrons. The van der Waals surface area contributed by atoms with Gasteiger partial charge in [-0.1, -0.05) is 6.07 Å². The van der Waals surface area contributed by atoms with Crippen LogP contribution in [0.3, 0.4) is 0 Å². The molecular weight excluding hydrogens is 314 g/mol. The van der Waals surface area contributed by atoms with E-state index in [1.54, 1.807) is 11.4 Å². The summed E-state index contributed by atoms with van der Waals surface area (Å²) in [5.41, 5.74) is -0.611. The van der Waals surface area contributed by atoms with Gasteiger partial charge in [-0.25, -0.2) is 13.2 Å².